The number of carbonyl (C=O) groups excluding carboxylic acids is 2. The van der Waals surface area contributed by atoms with Gasteiger partial charge < -0.3 is 29.5 Å². The Labute approximate surface area is 198 Å². The molecular weight excluding hydrogens is 436 g/mol. The molecule has 0 radical (unpaired) electrons. The third kappa shape index (κ3) is 5.48. The minimum atomic E-state index is -0.418. The summed E-state index contributed by atoms with van der Waals surface area (Å²) >= 11 is 0. The Morgan fingerprint density at radius 2 is 1.56 bits per heavy atom. The van der Waals surface area contributed by atoms with Crippen LogP contribution >= 0.6 is 0 Å². The number of aromatic nitrogens is 1. The molecule has 2 N–H and O–H groups in total. The van der Waals surface area contributed by atoms with Gasteiger partial charge in [0.15, 0.2) is 11.5 Å². The minimum Gasteiger partial charge on any atom is -0.497 e. The summed E-state index contributed by atoms with van der Waals surface area (Å²) in [7, 11) is 3.12. The summed E-state index contributed by atoms with van der Waals surface area (Å²) < 4.78 is 16.0. The molecule has 2 heterocycles. The standard InChI is InChI=1S/C25H28N4O5/c1-32-19-11-12-22(33-2)20(15-19)23-16-21(28-34-23)24(30)26-17-7-9-18(10-8-17)27-25(31)29-13-5-3-4-6-14-29/h7-12,15-16H,3-6,13-14H2,1-2H3,(H,26,30)(H,27,31). The lowest BCUT2D eigenvalue weighted by molar-refractivity contribution is 0.101. The van der Waals surface area contributed by atoms with Crippen molar-refractivity contribution < 1.29 is 23.6 Å². The van der Waals surface area contributed by atoms with Crippen molar-refractivity contribution in [2.24, 2.45) is 0 Å². The highest BCUT2D eigenvalue weighted by molar-refractivity contribution is 6.03. The Morgan fingerprint density at radius 1 is 0.882 bits per heavy atom. The van der Waals surface area contributed by atoms with Crippen LogP contribution in [0.5, 0.6) is 11.5 Å². The molecule has 34 heavy (non-hydrogen) atoms. The van der Waals surface area contributed by atoms with Crippen LogP contribution in [0, 0.1) is 0 Å². The van der Waals surface area contributed by atoms with E-state index in [1.165, 1.54) is 0 Å². The van der Waals surface area contributed by atoms with E-state index in [1.54, 1.807) is 62.8 Å². The second-order valence-corrected chi connectivity index (χ2v) is 8.01. The van der Waals surface area contributed by atoms with Crippen LogP contribution in [0.15, 0.2) is 53.1 Å². The van der Waals surface area contributed by atoms with Gasteiger partial charge in [-0.2, -0.15) is 0 Å². The average Bonchev–Trinajstić information content (AvgIpc) is 3.20. The largest absolute Gasteiger partial charge is 0.497 e. The molecule has 0 unspecified atom stereocenters. The number of carbonyl (C=O) groups is 2. The molecule has 1 saturated heterocycles. The lowest BCUT2D eigenvalue weighted by Crippen LogP contribution is -2.35. The van der Waals surface area contributed by atoms with Gasteiger partial charge in [0.25, 0.3) is 5.91 Å². The van der Waals surface area contributed by atoms with Gasteiger partial charge >= 0.3 is 6.03 Å². The van der Waals surface area contributed by atoms with Gasteiger partial charge in [-0.3, -0.25) is 4.79 Å². The molecule has 0 aliphatic carbocycles. The highest BCUT2D eigenvalue weighted by atomic mass is 16.5. The number of hydrogen-bond donors (Lipinski definition) is 2. The van der Waals surface area contributed by atoms with E-state index < -0.39 is 5.91 Å². The van der Waals surface area contributed by atoms with Gasteiger partial charge in [-0.05, 0) is 55.3 Å². The molecule has 1 aromatic heterocycles. The summed E-state index contributed by atoms with van der Waals surface area (Å²) in [4.78, 5) is 27.0. The number of urea groups is 1. The monoisotopic (exact) mass is 464 g/mol. The predicted octanol–water partition coefficient (Wildman–Crippen LogP) is 5.02. The summed E-state index contributed by atoms with van der Waals surface area (Å²) in [6.45, 7) is 1.56. The van der Waals surface area contributed by atoms with E-state index in [9.17, 15) is 9.59 Å². The van der Waals surface area contributed by atoms with Crippen LogP contribution in [-0.2, 0) is 0 Å². The lowest BCUT2D eigenvalue weighted by atomic mass is 10.1. The number of nitrogens with zero attached hydrogens (tertiary/aromatic N) is 2. The van der Waals surface area contributed by atoms with Gasteiger partial charge in [0.1, 0.15) is 11.5 Å². The second-order valence-electron chi connectivity index (χ2n) is 8.01. The number of anilines is 2. The molecule has 0 spiro atoms. The van der Waals surface area contributed by atoms with Crippen molar-refractivity contribution >= 4 is 23.3 Å². The summed E-state index contributed by atoms with van der Waals surface area (Å²) in [6, 6.07) is 13.7. The zero-order chi connectivity index (χ0) is 23.9. The maximum absolute atomic E-state index is 12.7. The molecule has 0 bridgehead atoms. The summed E-state index contributed by atoms with van der Waals surface area (Å²) in [5.41, 5.74) is 1.98. The molecule has 0 atom stereocenters. The summed E-state index contributed by atoms with van der Waals surface area (Å²) in [5.74, 6) is 1.16. The van der Waals surface area contributed by atoms with Gasteiger partial charge in [-0.1, -0.05) is 18.0 Å². The molecule has 2 aromatic carbocycles. The number of hydrogen-bond acceptors (Lipinski definition) is 6. The molecule has 9 nitrogen and oxygen atoms in total. The topological polar surface area (TPSA) is 106 Å². The Kier molecular flexibility index (Phi) is 7.31. The smallest absolute Gasteiger partial charge is 0.321 e. The molecular formula is C25H28N4O5. The first-order valence-corrected chi connectivity index (χ1v) is 11.2. The molecule has 1 aliphatic heterocycles. The third-order valence-corrected chi connectivity index (χ3v) is 5.70. The third-order valence-electron chi connectivity index (χ3n) is 5.70. The molecule has 1 fully saturated rings. The first kappa shape index (κ1) is 23.2. The molecule has 0 saturated carbocycles. The van der Waals surface area contributed by atoms with Crippen LogP contribution in [0.2, 0.25) is 0 Å². The van der Waals surface area contributed by atoms with Crippen molar-refractivity contribution in [2.75, 3.05) is 37.9 Å². The minimum absolute atomic E-state index is 0.0956. The SMILES string of the molecule is COc1ccc(OC)c(-c2cc(C(=O)Nc3ccc(NC(=O)N4CCCCCC4)cc3)no2)c1. The van der Waals surface area contributed by atoms with Gasteiger partial charge in [-0.15, -0.1) is 0 Å². The van der Waals surface area contributed by atoms with Crippen LogP contribution in [0.3, 0.4) is 0 Å². The molecule has 9 heteroatoms. The number of likely N-dealkylation sites (tertiary alicyclic amines) is 1. The molecule has 178 valence electrons. The fraction of sp³-hybridized carbons (Fsp3) is 0.320. The van der Waals surface area contributed by atoms with E-state index in [-0.39, 0.29) is 11.7 Å². The van der Waals surface area contributed by atoms with Crippen molar-refractivity contribution in [3.8, 4) is 22.8 Å². The first-order chi connectivity index (χ1) is 16.6. The zero-order valence-corrected chi connectivity index (χ0v) is 19.3. The van der Waals surface area contributed by atoms with Gasteiger partial charge in [0.05, 0.1) is 19.8 Å². The van der Waals surface area contributed by atoms with Crippen LogP contribution in [0.1, 0.15) is 36.2 Å². The van der Waals surface area contributed by atoms with Crippen LogP contribution in [0.4, 0.5) is 16.2 Å². The van der Waals surface area contributed by atoms with Gasteiger partial charge in [-0.25, -0.2) is 4.79 Å². The van der Waals surface area contributed by atoms with Crippen LogP contribution < -0.4 is 20.1 Å². The lowest BCUT2D eigenvalue weighted by Gasteiger charge is -2.20. The number of amides is 3. The quantitative estimate of drug-likeness (QED) is 0.531. The van der Waals surface area contributed by atoms with Gasteiger partial charge in [0.2, 0.25) is 0 Å². The molecule has 4 rings (SSSR count). The van der Waals surface area contributed by atoms with Crippen molar-refractivity contribution in [2.45, 2.75) is 25.7 Å². The number of ether oxygens (including phenoxy) is 2. The average molecular weight is 465 g/mol. The Hall–Kier alpha value is -4.01. The molecule has 3 amide bonds. The fourth-order valence-electron chi connectivity index (χ4n) is 3.82. The van der Waals surface area contributed by atoms with E-state index in [0.29, 0.717) is 34.2 Å². The number of benzene rings is 2. The van der Waals surface area contributed by atoms with Crippen molar-refractivity contribution in [1.82, 2.24) is 10.1 Å². The van der Waals surface area contributed by atoms with E-state index in [2.05, 4.69) is 15.8 Å². The maximum atomic E-state index is 12.7. The van der Waals surface area contributed by atoms with Crippen LogP contribution in [-0.4, -0.2) is 49.3 Å². The van der Waals surface area contributed by atoms with E-state index in [0.717, 1.165) is 38.8 Å². The van der Waals surface area contributed by atoms with Crippen molar-refractivity contribution in [1.29, 1.82) is 0 Å². The Bertz CT molecular complexity index is 1130. The van der Waals surface area contributed by atoms with E-state index in [4.69, 9.17) is 14.0 Å². The highest BCUT2D eigenvalue weighted by Gasteiger charge is 2.18. The highest BCUT2D eigenvalue weighted by Crippen LogP contribution is 2.33. The van der Waals surface area contributed by atoms with Crippen molar-refractivity contribution in [3.63, 3.8) is 0 Å². The summed E-state index contributed by atoms with van der Waals surface area (Å²) in [5, 5.41) is 9.59. The first-order valence-electron chi connectivity index (χ1n) is 11.2. The van der Waals surface area contributed by atoms with Crippen molar-refractivity contribution in [3.05, 3.63) is 54.2 Å². The van der Waals surface area contributed by atoms with E-state index >= 15 is 0 Å². The molecule has 1 aliphatic rings. The number of rotatable bonds is 6. The predicted molar refractivity (Wildman–Crippen MR) is 128 cm³/mol. The number of methoxy groups -OCH3 is 2. The zero-order valence-electron chi connectivity index (χ0n) is 19.3. The van der Waals surface area contributed by atoms with Crippen LogP contribution in [0.25, 0.3) is 11.3 Å². The van der Waals surface area contributed by atoms with E-state index in [1.807, 2.05) is 4.90 Å². The Balaban J connectivity index is 1.39. The summed E-state index contributed by atoms with van der Waals surface area (Å²) in [6.07, 6.45) is 4.40. The normalized spacial score (nSPS) is 13.6. The Morgan fingerprint density at radius 3 is 2.21 bits per heavy atom. The second kappa shape index (κ2) is 10.7. The maximum Gasteiger partial charge on any atom is 0.321 e. The molecule has 3 aromatic rings. The fourth-order valence-corrected chi connectivity index (χ4v) is 3.82. The number of nitrogens with one attached hydrogen (secondary N) is 2. The van der Waals surface area contributed by atoms with Gasteiger partial charge in [0, 0.05) is 30.5 Å².